The Balaban J connectivity index is 1.87. The van der Waals surface area contributed by atoms with Crippen LogP contribution in [0.25, 0.3) is 0 Å². The first-order chi connectivity index (χ1) is 8.99. The van der Waals surface area contributed by atoms with Gasteiger partial charge in [-0.2, -0.15) is 0 Å². The highest BCUT2D eigenvalue weighted by Gasteiger charge is 2.21. The van der Waals surface area contributed by atoms with Gasteiger partial charge in [-0.25, -0.2) is 13.1 Å². The van der Waals surface area contributed by atoms with E-state index in [1.165, 1.54) is 12.8 Å². The second-order valence-electron chi connectivity index (χ2n) is 4.49. The lowest BCUT2D eigenvalue weighted by Crippen LogP contribution is -2.28. The molecule has 1 aliphatic rings. The summed E-state index contributed by atoms with van der Waals surface area (Å²) in [6.07, 6.45) is 2.47. The monoisotopic (exact) mass is 411 g/mol. The number of rotatable bonds is 7. The molecule has 0 bridgehead atoms. The topological polar surface area (TPSA) is 55.4 Å². The van der Waals surface area contributed by atoms with Crippen molar-refractivity contribution < 1.29 is 13.2 Å². The van der Waals surface area contributed by atoms with Gasteiger partial charge in [0.25, 0.3) is 0 Å². The molecule has 0 aliphatic heterocycles. The number of benzene rings is 1. The normalized spacial score (nSPS) is 15.7. The Morgan fingerprint density at radius 1 is 1.32 bits per heavy atom. The van der Waals surface area contributed by atoms with Gasteiger partial charge in [-0.1, -0.05) is 15.9 Å². The Kier molecular flexibility index (Phi) is 5.42. The lowest BCUT2D eigenvalue weighted by Gasteiger charge is -2.09. The summed E-state index contributed by atoms with van der Waals surface area (Å²) in [4.78, 5) is 0.226. The van der Waals surface area contributed by atoms with Crippen LogP contribution in [-0.2, 0) is 14.8 Å². The van der Waals surface area contributed by atoms with Crippen LogP contribution in [0.3, 0.4) is 0 Å². The van der Waals surface area contributed by atoms with Gasteiger partial charge in [0.2, 0.25) is 10.0 Å². The molecule has 0 saturated heterocycles. The second kappa shape index (κ2) is 6.67. The zero-order chi connectivity index (χ0) is 13.9. The Morgan fingerprint density at radius 3 is 2.74 bits per heavy atom. The summed E-state index contributed by atoms with van der Waals surface area (Å²) in [5, 5.41) is 0. The Morgan fingerprint density at radius 2 is 2.05 bits per heavy atom. The Hall–Kier alpha value is 0.0500. The molecule has 1 saturated carbocycles. The molecular weight excluding hydrogens is 398 g/mol. The average molecular weight is 413 g/mol. The molecule has 0 heterocycles. The maximum absolute atomic E-state index is 12.1. The molecule has 1 aromatic rings. The van der Waals surface area contributed by atoms with Crippen LogP contribution in [0.5, 0.6) is 0 Å². The van der Waals surface area contributed by atoms with E-state index in [1.54, 1.807) is 18.2 Å². The third kappa shape index (κ3) is 4.82. The van der Waals surface area contributed by atoms with Crippen molar-refractivity contribution in [2.24, 2.45) is 5.92 Å². The van der Waals surface area contributed by atoms with Crippen LogP contribution < -0.4 is 4.72 Å². The molecule has 1 fully saturated rings. The van der Waals surface area contributed by atoms with Gasteiger partial charge >= 0.3 is 0 Å². The molecule has 1 aromatic carbocycles. The van der Waals surface area contributed by atoms with E-state index in [-0.39, 0.29) is 11.4 Å². The van der Waals surface area contributed by atoms with E-state index in [0.717, 1.165) is 11.1 Å². The van der Waals surface area contributed by atoms with Crippen molar-refractivity contribution in [1.29, 1.82) is 0 Å². The van der Waals surface area contributed by atoms with E-state index >= 15 is 0 Å². The van der Waals surface area contributed by atoms with Crippen molar-refractivity contribution in [3.8, 4) is 0 Å². The highest BCUT2D eigenvalue weighted by molar-refractivity contribution is 9.11. The molecule has 106 valence electrons. The van der Waals surface area contributed by atoms with E-state index < -0.39 is 10.0 Å². The van der Waals surface area contributed by atoms with Crippen LogP contribution in [0.2, 0.25) is 0 Å². The lowest BCUT2D eigenvalue weighted by atomic mass is 10.4. The van der Waals surface area contributed by atoms with Gasteiger partial charge in [0.05, 0.1) is 11.5 Å². The SMILES string of the molecule is O=S(=O)(NCCOCC1CC1)c1cc(Br)ccc1Br. The molecule has 4 nitrogen and oxygen atoms in total. The summed E-state index contributed by atoms with van der Waals surface area (Å²) in [6.45, 7) is 1.43. The first-order valence-electron chi connectivity index (χ1n) is 6.01. The maximum atomic E-state index is 12.1. The molecular formula is C12H15Br2NO3S. The minimum absolute atomic E-state index is 0.226. The van der Waals surface area contributed by atoms with Gasteiger partial charge in [0.15, 0.2) is 0 Å². The zero-order valence-corrected chi connectivity index (χ0v) is 14.2. The van der Waals surface area contributed by atoms with Gasteiger partial charge in [0, 0.05) is 22.1 Å². The highest BCUT2D eigenvalue weighted by atomic mass is 79.9. The summed E-state index contributed by atoms with van der Waals surface area (Å²) in [6, 6.07) is 5.04. The van der Waals surface area contributed by atoms with Crippen molar-refractivity contribution in [1.82, 2.24) is 4.72 Å². The number of halogens is 2. The zero-order valence-electron chi connectivity index (χ0n) is 10.2. The predicted molar refractivity (Wildman–Crippen MR) is 80.6 cm³/mol. The summed E-state index contributed by atoms with van der Waals surface area (Å²) >= 11 is 6.51. The van der Waals surface area contributed by atoms with Crippen LogP contribution in [0, 0.1) is 5.92 Å². The minimum Gasteiger partial charge on any atom is -0.380 e. The van der Waals surface area contributed by atoms with Crippen LogP contribution in [0.4, 0.5) is 0 Å². The fourth-order valence-electron chi connectivity index (χ4n) is 1.54. The second-order valence-corrected chi connectivity index (χ2v) is 8.00. The molecule has 0 amide bonds. The van der Waals surface area contributed by atoms with E-state index in [4.69, 9.17) is 4.74 Å². The number of sulfonamides is 1. The number of hydrogen-bond donors (Lipinski definition) is 1. The average Bonchev–Trinajstić information content (AvgIpc) is 3.15. The van der Waals surface area contributed by atoms with Crippen LogP contribution in [0.1, 0.15) is 12.8 Å². The minimum atomic E-state index is -3.51. The predicted octanol–water partition coefficient (Wildman–Crippen LogP) is 2.92. The van der Waals surface area contributed by atoms with Gasteiger partial charge in [-0.05, 0) is 52.9 Å². The molecule has 0 radical (unpaired) electrons. The van der Waals surface area contributed by atoms with Crippen molar-refractivity contribution in [2.45, 2.75) is 17.7 Å². The van der Waals surface area contributed by atoms with Gasteiger partial charge in [-0.3, -0.25) is 0 Å². The standard InChI is InChI=1S/C12H15Br2NO3S/c13-10-3-4-11(14)12(7-10)19(16,17)15-5-6-18-8-9-1-2-9/h3-4,7,9,15H,1-2,5-6,8H2. The molecule has 2 rings (SSSR count). The maximum Gasteiger partial charge on any atom is 0.241 e. The third-order valence-electron chi connectivity index (χ3n) is 2.77. The largest absolute Gasteiger partial charge is 0.380 e. The Bertz CT molecular complexity index is 544. The quantitative estimate of drug-likeness (QED) is 0.700. The van der Waals surface area contributed by atoms with Crippen molar-refractivity contribution in [3.63, 3.8) is 0 Å². The highest BCUT2D eigenvalue weighted by Crippen LogP contribution is 2.28. The first-order valence-corrected chi connectivity index (χ1v) is 9.08. The lowest BCUT2D eigenvalue weighted by molar-refractivity contribution is 0.129. The molecule has 0 aromatic heterocycles. The Labute approximate surface area is 130 Å². The van der Waals surface area contributed by atoms with Crippen molar-refractivity contribution in [2.75, 3.05) is 19.8 Å². The van der Waals surface area contributed by atoms with E-state index in [2.05, 4.69) is 36.6 Å². The summed E-state index contributed by atoms with van der Waals surface area (Å²) in [5.74, 6) is 0.691. The van der Waals surface area contributed by atoms with Crippen LogP contribution in [0.15, 0.2) is 32.0 Å². The van der Waals surface area contributed by atoms with Crippen LogP contribution in [-0.4, -0.2) is 28.2 Å². The molecule has 0 atom stereocenters. The molecule has 0 spiro atoms. The first kappa shape index (κ1) is 15.4. The molecule has 0 unspecified atom stereocenters. The van der Waals surface area contributed by atoms with Crippen molar-refractivity contribution in [3.05, 3.63) is 27.1 Å². The third-order valence-corrected chi connectivity index (χ3v) is 5.72. The fraction of sp³-hybridized carbons (Fsp3) is 0.500. The van der Waals surface area contributed by atoms with Gasteiger partial charge < -0.3 is 4.74 Å². The van der Waals surface area contributed by atoms with E-state index in [9.17, 15) is 8.42 Å². The molecule has 19 heavy (non-hydrogen) atoms. The summed E-state index contributed by atoms with van der Waals surface area (Å²) in [5.41, 5.74) is 0. The number of nitrogens with one attached hydrogen (secondary N) is 1. The summed E-state index contributed by atoms with van der Waals surface area (Å²) < 4.78 is 33.4. The van der Waals surface area contributed by atoms with E-state index in [0.29, 0.717) is 17.0 Å². The molecule has 1 N–H and O–H groups in total. The molecule has 7 heteroatoms. The smallest absolute Gasteiger partial charge is 0.241 e. The van der Waals surface area contributed by atoms with Gasteiger partial charge in [-0.15, -0.1) is 0 Å². The van der Waals surface area contributed by atoms with E-state index in [1.807, 2.05) is 0 Å². The number of ether oxygens (including phenoxy) is 1. The number of hydrogen-bond acceptors (Lipinski definition) is 3. The fourth-order valence-corrected chi connectivity index (χ4v) is 4.06. The van der Waals surface area contributed by atoms with Crippen LogP contribution >= 0.6 is 31.9 Å². The van der Waals surface area contributed by atoms with Gasteiger partial charge in [0.1, 0.15) is 0 Å². The summed E-state index contributed by atoms with van der Waals surface area (Å²) in [7, 11) is -3.51. The molecule has 1 aliphatic carbocycles. The van der Waals surface area contributed by atoms with Crippen molar-refractivity contribution >= 4 is 41.9 Å².